The summed E-state index contributed by atoms with van der Waals surface area (Å²) >= 11 is 0. The van der Waals surface area contributed by atoms with Gasteiger partial charge in [0.2, 0.25) is 6.86 Å². The normalized spacial score (nSPS) is 11.2. The zero-order valence-corrected chi connectivity index (χ0v) is 79.9. The van der Waals surface area contributed by atoms with Gasteiger partial charge in [-0.1, -0.05) is 121 Å². The van der Waals surface area contributed by atoms with Crippen molar-refractivity contribution in [2.75, 3.05) is 14.0 Å². The van der Waals surface area contributed by atoms with Crippen molar-refractivity contribution in [3.05, 3.63) is 289 Å². The fraction of sp³-hybridized carbons (Fsp3) is 0.375. The smallest absolute Gasteiger partial charge is 0.493 e. The van der Waals surface area contributed by atoms with Crippen LogP contribution in [0.15, 0.2) is 121 Å². The average Bonchev–Trinajstić information content (AvgIpc) is 0.767. The molecule has 0 spiro atoms. The lowest BCUT2D eigenvalue weighted by Crippen LogP contribution is -2.22. The second kappa shape index (κ2) is 58.5. The number of aryl methyl sites for hydroxylation is 20. The zero-order chi connectivity index (χ0) is 110. The summed E-state index contributed by atoms with van der Waals surface area (Å²) in [5, 5.41) is 0. The first-order chi connectivity index (χ1) is 64.9. The fourth-order valence-electron chi connectivity index (χ4n) is 11.9. The highest BCUT2D eigenvalue weighted by Gasteiger charge is 2.46. The van der Waals surface area contributed by atoms with E-state index >= 15 is 0 Å². The minimum atomic E-state index is -5.09. The SMILES string of the molecule is COc1c(C)ccc(C)c1OCF.Cc1ccc(C)c(C(F)(F)F)c1C(F)(F)F.Cc1ccc(C)c(C(F)F)c1C(F)F.Cc1ccc(C)c(CF)c1C.Cc1ccc(C)c(OC(F)(F)F)c1F.Cc1ccc(C)c(OC(F)(F)F)c1F.Cc1ccc(C)c(OC(F)(F)F)c1OC(F)(F)F.Cc1ccc(C)c(OC(F)F)c1F.Cc1ccc(C)c(OC(F)F)c1F.Cc1ccc(C)c(OC(F)F)c1OC(F)F.F.F. The van der Waals surface area contributed by atoms with Gasteiger partial charge in [0.1, 0.15) is 6.67 Å². The molecule has 0 aliphatic rings. The van der Waals surface area contributed by atoms with Crippen molar-refractivity contribution < 1.29 is 215 Å². The molecule has 0 N–H and O–H groups in total. The van der Waals surface area contributed by atoms with Crippen LogP contribution in [0.4, 0.5) is 167 Å². The highest BCUT2D eigenvalue weighted by molar-refractivity contribution is 5.54. The summed E-state index contributed by atoms with van der Waals surface area (Å²) in [6.07, 6.45) is -35.6. The first kappa shape index (κ1) is 134. The van der Waals surface area contributed by atoms with Crippen molar-refractivity contribution in [1.82, 2.24) is 0 Å². The van der Waals surface area contributed by atoms with E-state index in [0.717, 1.165) is 53.8 Å². The third-order valence-corrected chi connectivity index (χ3v) is 19.2. The minimum Gasteiger partial charge on any atom is -0.493 e. The Kier molecular flexibility index (Phi) is 54.2. The Bertz CT molecular complexity index is 5410. The van der Waals surface area contributed by atoms with Crippen molar-refractivity contribution in [3.8, 4) is 57.5 Å². The number of benzene rings is 10. The standard InChI is InChI=1S/C10H8F6O2.C10H8F6.C10H10F4O2.C10H10F4.C10H13FO2.C10H13F.2C9H8F4O.2C9H9F3O.2FH/c1-5-3-4-6(2)8(18-10(14,15)16)7(5)17-9(11,12)13;1-5-3-4-6(2)8(10(14,15)16)7(5)9(11,12)13;1-5-3-4-6(2)8(16-10(13)14)7(5)15-9(11)12;1-5-3-4-6(2)8(10(13)14)7(5)9(11)12;1-7-4-5-8(2)10(13-6-11)9(7)12-3;1-7-4-5-8(2)10(6-11)9(7)3;2*1-5-3-4-6(2)8(7(5)10)14-9(11,12)13;2*1-5-3-4-6(2)8(7(5)10)13-9(11)12;;/h3-4H,1-2H3;3-4H,1-2H3;3-4,9-10H,1-2H3;3-4,9-10H,1-2H3;4-5H,6H2,1-3H3;4-5H,6H2,1-3H3;2*3-4H,1-2H3;2*3-4,9H,1-2H3;2*1H. The Labute approximate surface area is 802 Å². The van der Waals surface area contributed by atoms with E-state index in [2.05, 4.69) is 37.9 Å². The van der Waals surface area contributed by atoms with Gasteiger partial charge in [-0.15, -0.1) is 52.7 Å². The predicted molar refractivity (Wildman–Crippen MR) is 460 cm³/mol. The molecule has 10 rings (SSSR count). The van der Waals surface area contributed by atoms with Crippen LogP contribution in [0.3, 0.4) is 0 Å². The minimum absolute atomic E-state index is 0. The van der Waals surface area contributed by atoms with E-state index in [1.807, 2.05) is 58.9 Å². The molecule has 0 saturated heterocycles. The topological polar surface area (TPSA) is 92.3 Å². The van der Waals surface area contributed by atoms with E-state index < -0.39 is 164 Å². The van der Waals surface area contributed by atoms with Crippen LogP contribution in [-0.4, -0.2) is 65.9 Å². The van der Waals surface area contributed by atoms with Crippen molar-refractivity contribution >= 4 is 0 Å². The summed E-state index contributed by atoms with van der Waals surface area (Å²) in [7, 11) is 1.55. The van der Waals surface area contributed by atoms with E-state index in [1.165, 1.54) is 187 Å². The van der Waals surface area contributed by atoms with Crippen molar-refractivity contribution in [2.24, 2.45) is 0 Å². The first-order valence-corrected chi connectivity index (χ1v) is 40.3. The maximum atomic E-state index is 13.2. The van der Waals surface area contributed by atoms with Gasteiger partial charge in [-0.25, -0.2) is 43.9 Å². The van der Waals surface area contributed by atoms with E-state index in [-0.39, 0.29) is 83.6 Å². The van der Waals surface area contributed by atoms with Crippen LogP contribution >= 0.6 is 0 Å². The van der Waals surface area contributed by atoms with Crippen LogP contribution in [-0.2, 0) is 19.0 Å². The lowest BCUT2D eigenvalue weighted by atomic mass is 9.96. The molecule has 0 fully saturated rings. The van der Waals surface area contributed by atoms with E-state index in [9.17, 15) is 158 Å². The first-order valence-electron chi connectivity index (χ1n) is 40.3. The molecule has 10 aromatic rings. The summed E-state index contributed by atoms with van der Waals surface area (Å²) in [6, 6.07) is 29.8. The van der Waals surface area contributed by atoms with Gasteiger partial charge in [0, 0.05) is 11.1 Å². The number of halogens is 38. The fourth-order valence-corrected chi connectivity index (χ4v) is 11.9. The number of methoxy groups -OCH3 is 1. The Morgan fingerprint density at radius 1 is 0.229 bits per heavy atom. The molecule has 808 valence electrons. The van der Waals surface area contributed by atoms with Gasteiger partial charge in [0.25, 0.3) is 12.9 Å². The second-order valence-electron chi connectivity index (χ2n) is 30.1. The summed E-state index contributed by atoms with van der Waals surface area (Å²) in [4.78, 5) is 0. The van der Waals surface area contributed by atoms with Crippen LogP contribution in [0, 0.1) is 169 Å². The molecular weight excluding hydrogens is 2030 g/mol. The molecule has 0 heterocycles. The number of ether oxygens (including phenoxy) is 10. The van der Waals surface area contributed by atoms with Gasteiger partial charge < -0.3 is 47.4 Å². The maximum absolute atomic E-state index is 13.2. The molecule has 0 amide bonds. The highest BCUT2D eigenvalue weighted by atomic mass is 19.4. The molecule has 0 unspecified atom stereocenters. The summed E-state index contributed by atoms with van der Waals surface area (Å²) < 4.78 is 482. The lowest BCUT2D eigenvalue weighted by Gasteiger charge is -2.19. The van der Waals surface area contributed by atoms with Crippen molar-refractivity contribution in [2.45, 2.75) is 229 Å². The molecule has 10 aromatic carbocycles. The maximum Gasteiger partial charge on any atom is 0.573 e. The second-order valence-corrected chi connectivity index (χ2v) is 30.1. The molecule has 0 atom stereocenters. The van der Waals surface area contributed by atoms with Gasteiger partial charge in [-0.3, -0.25) is 9.41 Å². The number of hydrogen-bond acceptors (Lipinski definition) is 10. The van der Waals surface area contributed by atoms with Gasteiger partial charge in [-0.05, 0) is 268 Å². The molecule has 0 bridgehead atoms. The third kappa shape index (κ3) is 44.0. The Morgan fingerprint density at radius 3 is 0.653 bits per heavy atom. The van der Waals surface area contributed by atoms with Crippen LogP contribution < -0.4 is 47.4 Å². The monoisotopic (exact) mass is 2130 g/mol. The number of hydrogen-bond donors (Lipinski definition) is 0. The summed E-state index contributed by atoms with van der Waals surface area (Å²) in [5.74, 6) is -7.20. The summed E-state index contributed by atoms with van der Waals surface area (Å²) in [5.41, 5.74) is 3.47. The van der Waals surface area contributed by atoms with Gasteiger partial charge in [0.05, 0.1) is 18.2 Å². The molecule has 0 aliphatic heterocycles. The van der Waals surface area contributed by atoms with Gasteiger partial charge >= 0.3 is 64.2 Å². The largest absolute Gasteiger partial charge is 0.573 e. The molecule has 0 radical (unpaired) electrons. The zero-order valence-electron chi connectivity index (χ0n) is 79.9. The van der Waals surface area contributed by atoms with Crippen molar-refractivity contribution in [1.29, 1.82) is 0 Å². The average molecular weight is 2130 g/mol. The molecule has 144 heavy (non-hydrogen) atoms. The van der Waals surface area contributed by atoms with Gasteiger partial charge in [-0.2, -0.15) is 61.5 Å². The van der Waals surface area contributed by atoms with Crippen LogP contribution in [0.1, 0.15) is 158 Å². The van der Waals surface area contributed by atoms with Crippen LogP contribution in [0.5, 0.6) is 57.5 Å². The molecule has 0 aromatic heterocycles. The molecular formula is C96H98F38O10. The van der Waals surface area contributed by atoms with E-state index in [1.54, 1.807) is 7.11 Å². The van der Waals surface area contributed by atoms with Gasteiger partial charge in [0.15, 0.2) is 80.8 Å². The number of alkyl halides is 32. The summed E-state index contributed by atoms with van der Waals surface area (Å²) in [6.45, 7) is 17.9. The van der Waals surface area contributed by atoms with Crippen molar-refractivity contribution in [3.63, 3.8) is 0 Å². The molecule has 0 aliphatic carbocycles. The number of rotatable bonds is 18. The quantitative estimate of drug-likeness (QED) is 0.0774. The van der Waals surface area contributed by atoms with Crippen LogP contribution in [0.25, 0.3) is 0 Å². The Morgan fingerprint density at radius 2 is 0.424 bits per heavy atom. The molecule has 10 nitrogen and oxygen atoms in total. The molecule has 48 heteroatoms. The van der Waals surface area contributed by atoms with E-state index in [4.69, 9.17) is 9.47 Å². The lowest BCUT2D eigenvalue weighted by molar-refractivity contribution is -0.287. The van der Waals surface area contributed by atoms with E-state index in [0.29, 0.717) is 44.9 Å². The molecule has 0 saturated carbocycles. The van der Waals surface area contributed by atoms with Crippen LogP contribution in [0.2, 0.25) is 0 Å². The third-order valence-electron chi connectivity index (χ3n) is 19.2. The highest BCUT2D eigenvalue weighted by Crippen LogP contribution is 2.46. The Balaban J connectivity index is 0. The predicted octanol–water partition coefficient (Wildman–Crippen LogP) is 34.9. The Hall–Kier alpha value is -12.5.